The maximum absolute atomic E-state index is 6.05. The van der Waals surface area contributed by atoms with Gasteiger partial charge in [-0.3, -0.25) is 0 Å². The molecule has 0 amide bonds. The van der Waals surface area contributed by atoms with E-state index in [4.69, 9.17) is 22.5 Å². The Bertz CT molecular complexity index is 313. The number of halogens is 2. The molecule has 92 valence electrons. The quantitative estimate of drug-likeness (QED) is 0.630. The molecule has 0 aliphatic heterocycles. The van der Waals surface area contributed by atoms with Gasteiger partial charge >= 0.3 is 0 Å². The van der Waals surface area contributed by atoms with Crippen molar-refractivity contribution in [2.45, 2.75) is 27.2 Å². The van der Waals surface area contributed by atoms with Crippen LogP contribution in [-0.2, 0) is 0 Å². The molecule has 0 aromatic carbocycles. The topological polar surface area (TPSA) is 3.24 Å². The molecule has 4 heteroatoms. The van der Waals surface area contributed by atoms with Gasteiger partial charge in [0.2, 0.25) is 0 Å². The summed E-state index contributed by atoms with van der Waals surface area (Å²) in [6.07, 6.45) is 5.39. The molecule has 16 heavy (non-hydrogen) atoms. The first-order valence-electron chi connectivity index (χ1n) is 5.44. The first kappa shape index (κ1) is 14.4. The summed E-state index contributed by atoms with van der Waals surface area (Å²) in [5.74, 6) is 0.553. The second-order valence-corrected chi connectivity index (χ2v) is 8.99. The van der Waals surface area contributed by atoms with Gasteiger partial charge in [0.15, 0.2) is 0 Å². The van der Waals surface area contributed by atoms with E-state index in [1.54, 1.807) is 0 Å². The SMILES string of the molecule is CN(C)C1=C(P(Cl)Cl)C=CC(C(C)(C)C)C1. The van der Waals surface area contributed by atoms with Crippen molar-refractivity contribution >= 4 is 29.1 Å². The summed E-state index contributed by atoms with van der Waals surface area (Å²) in [7, 11) is 4.11. The predicted molar refractivity (Wildman–Crippen MR) is 76.0 cm³/mol. The molecule has 0 spiro atoms. The Morgan fingerprint density at radius 2 is 1.88 bits per heavy atom. The molecule has 1 unspecified atom stereocenters. The van der Waals surface area contributed by atoms with Gasteiger partial charge in [-0.1, -0.05) is 55.4 Å². The van der Waals surface area contributed by atoms with Gasteiger partial charge in [0.05, 0.1) is 0 Å². The monoisotopic (exact) mass is 279 g/mol. The minimum atomic E-state index is -1.05. The predicted octanol–water partition coefficient (Wildman–Crippen LogP) is 5.17. The van der Waals surface area contributed by atoms with Gasteiger partial charge < -0.3 is 4.90 Å². The molecule has 0 saturated carbocycles. The van der Waals surface area contributed by atoms with Gasteiger partial charge in [0.25, 0.3) is 0 Å². The van der Waals surface area contributed by atoms with Crippen LogP contribution < -0.4 is 0 Å². The molecular weight excluding hydrogens is 260 g/mol. The van der Waals surface area contributed by atoms with E-state index in [9.17, 15) is 0 Å². The fourth-order valence-corrected chi connectivity index (χ4v) is 3.45. The summed E-state index contributed by atoms with van der Waals surface area (Å²) in [5.41, 5.74) is 1.56. The van der Waals surface area contributed by atoms with Crippen LogP contribution in [0.3, 0.4) is 0 Å². The van der Waals surface area contributed by atoms with Gasteiger partial charge in [-0.2, -0.15) is 0 Å². The molecule has 0 N–H and O–H groups in total. The van der Waals surface area contributed by atoms with Gasteiger partial charge in [0, 0.05) is 25.1 Å². The highest BCUT2D eigenvalue weighted by Gasteiger charge is 2.28. The average Bonchev–Trinajstić information content (AvgIpc) is 2.15. The van der Waals surface area contributed by atoms with Crippen LogP contribution in [0.2, 0.25) is 0 Å². The highest BCUT2D eigenvalue weighted by molar-refractivity contribution is 8.06. The summed E-state index contributed by atoms with van der Waals surface area (Å²) in [4.78, 5) is 2.14. The van der Waals surface area contributed by atoms with Crippen molar-refractivity contribution < 1.29 is 0 Å². The summed E-state index contributed by atoms with van der Waals surface area (Å²) in [5, 5.41) is 1.10. The van der Waals surface area contributed by atoms with Gasteiger partial charge in [-0.05, 0) is 17.8 Å². The Balaban J connectivity index is 2.99. The van der Waals surface area contributed by atoms with Crippen molar-refractivity contribution in [1.29, 1.82) is 0 Å². The lowest BCUT2D eigenvalue weighted by molar-refractivity contribution is 0.272. The van der Waals surface area contributed by atoms with Crippen molar-refractivity contribution in [2.75, 3.05) is 14.1 Å². The van der Waals surface area contributed by atoms with Crippen LogP contribution in [0.25, 0.3) is 0 Å². The Morgan fingerprint density at radius 1 is 1.31 bits per heavy atom. The van der Waals surface area contributed by atoms with E-state index >= 15 is 0 Å². The van der Waals surface area contributed by atoms with Gasteiger partial charge in [-0.25, -0.2) is 0 Å². The van der Waals surface area contributed by atoms with Crippen molar-refractivity contribution in [1.82, 2.24) is 4.90 Å². The van der Waals surface area contributed by atoms with E-state index in [2.05, 4.69) is 51.9 Å². The van der Waals surface area contributed by atoms with Crippen LogP contribution in [0.4, 0.5) is 0 Å². The first-order valence-corrected chi connectivity index (χ1v) is 8.59. The van der Waals surface area contributed by atoms with Crippen LogP contribution in [0, 0.1) is 11.3 Å². The fraction of sp³-hybridized carbons (Fsp3) is 0.667. The Labute approximate surface area is 110 Å². The lowest BCUT2D eigenvalue weighted by atomic mass is 9.76. The number of rotatable bonds is 2. The Kier molecular flexibility index (Phi) is 4.75. The minimum Gasteiger partial charge on any atom is -0.380 e. The van der Waals surface area contributed by atoms with Crippen LogP contribution in [-0.4, -0.2) is 19.0 Å². The lowest BCUT2D eigenvalue weighted by Gasteiger charge is -2.35. The second-order valence-electron chi connectivity index (χ2n) is 5.50. The Morgan fingerprint density at radius 3 is 2.25 bits per heavy atom. The standard InChI is InChI=1S/C12H20Cl2NP/c1-12(2,3)9-6-7-11(16(13)14)10(8-9)15(4)5/h6-7,9H,8H2,1-5H3. The van der Waals surface area contributed by atoms with Gasteiger partial charge in [0.1, 0.15) is 6.63 Å². The summed E-state index contributed by atoms with van der Waals surface area (Å²) >= 11 is 12.1. The van der Waals surface area contributed by atoms with Crippen molar-refractivity contribution in [3.63, 3.8) is 0 Å². The summed E-state index contributed by atoms with van der Waals surface area (Å²) in [6.45, 7) is 5.76. The molecule has 0 heterocycles. The minimum absolute atomic E-state index is 0.282. The Hall–Kier alpha value is 0.290. The molecule has 0 fully saturated rings. The zero-order chi connectivity index (χ0) is 12.5. The molecule has 0 saturated heterocycles. The summed E-state index contributed by atoms with van der Waals surface area (Å²) in [6, 6.07) is 0. The molecule has 0 radical (unpaired) electrons. The van der Waals surface area contributed by atoms with Crippen molar-refractivity contribution in [3.8, 4) is 0 Å². The lowest BCUT2D eigenvalue weighted by Crippen LogP contribution is -2.25. The average molecular weight is 280 g/mol. The number of hydrogen-bond acceptors (Lipinski definition) is 1. The third-order valence-corrected chi connectivity index (χ3v) is 4.89. The highest BCUT2D eigenvalue weighted by atomic mass is 35.9. The normalized spacial score (nSPS) is 21.9. The van der Waals surface area contributed by atoms with E-state index < -0.39 is 6.63 Å². The molecule has 0 aromatic rings. The van der Waals surface area contributed by atoms with E-state index in [1.165, 1.54) is 5.70 Å². The smallest absolute Gasteiger partial charge is 0.118 e. The number of allylic oxidation sites excluding steroid dienone is 4. The van der Waals surface area contributed by atoms with Gasteiger partial charge in [-0.15, -0.1) is 0 Å². The molecule has 1 aliphatic carbocycles. The van der Waals surface area contributed by atoms with Crippen LogP contribution in [0.1, 0.15) is 27.2 Å². The highest BCUT2D eigenvalue weighted by Crippen LogP contribution is 2.58. The molecule has 1 aliphatic rings. The third-order valence-electron chi connectivity index (χ3n) is 3.03. The van der Waals surface area contributed by atoms with Crippen molar-refractivity contribution in [2.24, 2.45) is 11.3 Å². The van der Waals surface area contributed by atoms with Crippen LogP contribution >= 0.6 is 29.1 Å². The van der Waals surface area contributed by atoms with E-state index in [-0.39, 0.29) is 5.41 Å². The van der Waals surface area contributed by atoms with Crippen molar-refractivity contribution in [3.05, 3.63) is 23.2 Å². The largest absolute Gasteiger partial charge is 0.380 e. The molecule has 1 atom stereocenters. The number of nitrogens with zero attached hydrogens (tertiary/aromatic N) is 1. The molecular formula is C12H20Cl2NP. The number of hydrogen-bond donors (Lipinski definition) is 0. The zero-order valence-corrected chi connectivity index (χ0v) is 13.0. The van der Waals surface area contributed by atoms with Crippen LogP contribution in [0.5, 0.6) is 0 Å². The second kappa shape index (κ2) is 5.29. The maximum atomic E-state index is 6.05. The summed E-state index contributed by atoms with van der Waals surface area (Å²) < 4.78 is 0. The molecule has 0 bridgehead atoms. The third kappa shape index (κ3) is 3.39. The fourth-order valence-electron chi connectivity index (χ4n) is 1.84. The maximum Gasteiger partial charge on any atom is 0.118 e. The van der Waals surface area contributed by atoms with E-state index in [1.807, 2.05) is 0 Å². The van der Waals surface area contributed by atoms with Crippen LogP contribution in [0.15, 0.2) is 23.2 Å². The molecule has 0 aromatic heterocycles. The molecule has 1 nitrogen and oxygen atoms in total. The zero-order valence-electron chi connectivity index (χ0n) is 10.6. The first-order chi connectivity index (χ1) is 7.23. The van der Waals surface area contributed by atoms with E-state index in [0.717, 1.165) is 11.7 Å². The van der Waals surface area contributed by atoms with E-state index in [0.29, 0.717) is 5.92 Å². The molecule has 1 rings (SSSR count).